The summed E-state index contributed by atoms with van der Waals surface area (Å²) < 4.78 is 40.1. The summed E-state index contributed by atoms with van der Waals surface area (Å²) in [6.07, 6.45) is 4.91. The monoisotopic (exact) mass is 820 g/mol. The molecule has 3 aromatic carbocycles. The Balaban J connectivity index is 1.04. The van der Waals surface area contributed by atoms with Gasteiger partial charge in [0.2, 0.25) is 11.2 Å². The van der Waals surface area contributed by atoms with Gasteiger partial charge in [-0.25, -0.2) is 19.2 Å². The van der Waals surface area contributed by atoms with Crippen LogP contribution in [0, 0.1) is 12.7 Å². The van der Waals surface area contributed by atoms with Gasteiger partial charge in [-0.05, 0) is 62.6 Å². The molecule has 60 heavy (non-hydrogen) atoms. The third kappa shape index (κ3) is 7.07. The second-order valence-electron chi connectivity index (χ2n) is 15.2. The van der Waals surface area contributed by atoms with Gasteiger partial charge in [-0.15, -0.1) is 0 Å². The van der Waals surface area contributed by atoms with Crippen molar-refractivity contribution in [3.05, 3.63) is 92.6 Å². The van der Waals surface area contributed by atoms with E-state index in [1.807, 2.05) is 49.1 Å². The number of carboxylic acids is 1. The van der Waals surface area contributed by atoms with E-state index in [-0.39, 0.29) is 59.0 Å². The number of anilines is 3. The van der Waals surface area contributed by atoms with Gasteiger partial charge in [-0.1, -0.05) is 11.6 Å². The van der Waals surface area contributed by atoms with Crippen molar-refractivity contribution >= 4 is 51.6 Å². The lowest BCUT2D eigenvalue weighted by Crippen LogP contribution is -2.55. The van der Waals surface area contributed by atoms with Crippen LogP contribution in [0.4, 0.5) is 27.5 Å². The average molecular weight is 821 g/mol. The summed E-state index contributed by atoms with van der Waals surface area (Å²) in [6.45, 7) is 5.38. The highest BCUT2D eigenvalue weighted by molar-refractivity contribution is 6.54. The molecule has 1 saturated heterocycles. The number of nitrogens with two attached hydrogens (primary N) is 1. The van der Waals surface area contributed by atoms with Crippen LogP contribution in [-0.4, -0.2) is 103 Å². The molecule has 1 aliphatic carbocycles. The molecule has 3 N–H and O–H groups in total. The SMILES string of the molecule is COc1cc(Cc2cnc(/N=C3\C(=O)N(CN4CCN(c5c(F)cc6c(=O)c(C(=O)O)cn(C7CC7)c6c5OC)CC4C)c4ccc(C)cc43)nc2N)cc(OC)c1OC. The van der Waals surface area contributed by atoms with Gasteiger partial charge >= 0.3 is 5.97 Å². The number of aromatic carboxylic acids is 1. The Morgan fingerprint density at radius 2 is 1.72 bits per heavy atom. The molecule has 1 amide bonds. The number of halogens is 1. The minimum atomic E-state index is -1.37. The highest BCUT2D eigenvalue weighted by Gasteiger charge is 2.38. The predicted molar refractivity (Wildman–Crippen MR) is 223 cm³/mol. The van der Waals surface area contributed by atoms with Crippen molar-refractivity contribution in [2.75, 3.05) is 70.3 Å². The molecule has 312 valence electrons. The molecule has 8 rings (SSSR count). The normalized spacial score (nSPS) is 17.4. The Labute approximate surface area is 344 Å². The lowest BCUT2D eigenvalue weighted by atomic mass is 10.1. The lowest BCUT2D eigenvalue weighted by molar-refractivity contribution is -0.112. The van der Waals surface area contributed by atoms with Crippen LogP contribution in [0.5, 0.6) is 23.0 Å². The summed E-state index contributed by atoms with van der Waals surface area (Å²) in [5, 5.41) is 9.69. The maximum absolute atomic E-state index is 16.1. The van der Waals surface area contributed by atoms with Crippen molar-refractivity contribution in [3.8, 4) is 23.0 Å². The van der Waals surface area contributed by atoms with E-state index in [0.29, 0.717) is 65.6 Å². The van der Waals surface area contributed by atoms with E-state index in [1.54, 1.807) is 29.9 Å². The zero-order valence-corrected chi connectivity index (χ0v) is 34.1. The first kappa shape index (κ1) is 40.0. The van der Waals surface area contributed by atoms with Crippen LogP contribution in [0.15, 0.2) is 58.6 Å². The van der Waals surface area contributed by atoms with Crippen LogP contribution >= 0.6 is 0 Å². The molecule has 0 radical (unpaired) electrons. The van der Waals surface area contributed by atoms with E-state index in [0.717, 1.165) is 30.0 Å². The number of fused-ring (bicyclic) bond motifs is 2. The van der Waals surface area contributed by atoms with Gasteiger partial charge in [0.1, 0.15) is 22.8 Å². The maximum atomic E-state index is 16.1. The molecule has 0 bridgehead atoms. The summed E-state index contributed by atoms with van der Waals surface area (Å²) in [4.78, 5) is 58.7. The number of amides is 1. The lowest BCUT2D eigenvalue weighted by Gasteiger charge is -2.42. The molecule has 3 aliphatic rings. The number of hydrogen-bond acceptors (Lipinski definition) is 13. The minimum absolute atomic E-state index is 0.0178. The van der Waals surface area contributed by atoms with Gasteiger partial charge < -0.3 is 39.3 Å². The van der Waals surface area contributed by atoms with Crippen molar-refractivity contribution in [2.45, 2.75) is 45.2 Å². The molecule has 1 atom stereocenters. The van der Waals surface area contributed by atoms with E-state index < -0.39 is 22.8 Å². The topological polar surface area (TPSA) is 187 Å². The fourth-order valence-corrected chi connectivity index (χ4v) is 8.15. The number of aromatic nitrogens is 3. The molecular weight excluding hydrogens is 776 g/mol. The summed E-state index contributed by atoms with van der Waals surface area (Å²) in [5.41, 5.74) is 9.78. The number of carbonyl (C=O) groups is 2. The van der Waals surface area contributed by atoms with Crippen LogP contribution in [0.25, 0.3) is 10.9 Å². The Morgan fingerprint density at radius 1 is 1.00 bits per heavy atom. The van der Waals surface area contributed by atoms with Crippen LogP contribution in [0.3, 0.4) is 0 Å². The molecule has 0 spiro atoms. The summed E-state index contributed by atoms with van der Waals surface area (Å²) in [6, 6.07) is 10.3. The molecule has 2 fully saturated rings. The summed E-state index contributed by atoms with van der Waals surface area (Å²) >= 11 is 0. The number of carboxylic acid groups (broad SMARTS) is 1. The first-order valence-electron chi connectivity index (χ1n) is 19.4. The molecule has 2 aromatic heterocycles. The van der Waals surface area contributed by atoms with Gasteiger partial charge in [0.15, 0.2) is 23.1 Å². The number of aliphatic imine (C=N–C) groups is 1. The zero-order chi connectivity index (χ0) is 42.6. The second-order valence-corrected chi connectivity index (χ2v) is 15.2. The number of nitrogens with zero attached hydrogens (tertiary/aromatic N) is 7. The Kier molecular flexibility index (Phi) is 10.5. The predicted octanol–water partition coefficient (Wildman–Crippen LogP) is 5.12. The third-order valence-electron chi connectivity index (χ3n) is 11.3. The summed E-state index contributed by atoms with van der Waals surface area (Å²) in [7, 11) is 6.05. The number of carbonyl (C=O) groups excluding carboxylic acids is 1. The van der Waals surface area contributed by atoms with Crippen LogP contribution in [-0.2, 0) is 11.2 Å². The number of ether oxygens (including phenoxy) is 4. The quantitative estimate of drug-likeness (QED) is 0.169. The van der Waals surface area contributed by atoms with E-state index in [4.69, 9.17) is 24.7 Å². The van der Waals surface area contributed by atoms with Gasteiger partial charge in [0.05, 0.1) is 51.7 Å². The van der Waals surface area contributed by atoms with Crippen molar-refractivity contribution in [1.82, 2.24) is 19.4 Å². The number of nitrogen functional groups attached to an aromatic ring is 1. The second kappa shape index (κ2) is 15.8. The number of hydrogen-bond donors (Lipinski definition) is 2. The van der Waals surface area contributed by atoms with Crippen LogP contribution in [0.2, 0.25) is 0 Å². The fraction of sp³-hybridized carbons (Fsp3) is 0.349. The van der Waals surface area contributed by atoms with Crippen LogP contribution < -0.4 is 39.9 Å². The molecular formula is C43H45FN8O8. The molecule has 16 nitrogen and oxygen atoms in total. The number of benzene rings is 3. The molecule has 2 aliphatic heterocycles. The van der Waals surface area contributed by atoms with Crippen molar-refractivity contribution in [1.29, 1.82) is 0 Å². The zero-order valence-electron chi connectivity index (χ0n) is 34.1. The maximum Gasteiger partial charge on any atom is 0.341 e. The molecule has 4 heterocycles. The molecule has 5 aromatic rings. The third-order valence-corrected chi connectivity index (χ3v) is 11.3. The first-order chi connectivity index (χ1) is 28.8. The van der Waals surface area contributed by atoms with Crippen LogP contribution in [0.1, 0.15) is 58.4 Å². The largest absolute Gasteiger partial charge is 0.493 e. The summed E-state index contributed by atoms with van der Waals surface area (Å²) in [5.74, 6) is -0.463. The van der Waals surface area contributed by atoms with Gasteiger partial charge in [-0.2, -0.15) is 4.98 Å². The average Bonchev–Trinajstić information content (AvgIpc) is 4.05. The van der Waals surface area contributed by atoms with Gasteiger partial charge in [0.25, 0.3) is 11.9 Å². The Morgan fingerprint density at radius 3 is 2.33 bits per heavy atom. The number of aryl methyl sites for hydroxylation is 1. The number of rotatable bonds is 12. The Hall–Kier alpha value is -6.75. The smallest absolute Gasteiger partial charge is 0.341 e. The number of pyridine rings is 1. The van der Waals surface area contributed by atoms with Crippen molar-refractivity contribution in [3.63, 3.8) is 0 Å². The van der Waals surface area contributed by atoms with E-state index in [1.165, 1.54) is 20.4 Å². The van der Waals surface area contributed by atoms with Gasteiger partial charge in [0, 0.05) is 61.7 Å². The van der Waals surface area contributed by atoms with E-state index in [9.17, 15) is 19.5 Å². The number of piperazine rings is 1. The molecule has 1 unspecified atom stereocenters. The first-order valence-corrected chi connectivity index (χ1v) is 19.4. The molecule has 1 saturated carbocycles. The van der Waals surface area contributed by atoms with Crippen molar-refractivity contribution < 1.29 is 38.0 Å². The minimum Gasteiger partial charge on any atom is -0.493 e. The van der Waals surface area contributed by atoms with Gasteiger partial charge in [-0.3, -0.25) is 19.4 Å². The number of methoxy groups -OCH3 is 4. The Bertz CT molecular complexity index is 2640. The van der Waals surface area contributed by atoms with E-state index >= 15 is 4.39 Å². The fourth-order valence-electron chi connectivity index (χ4n) is 8.15. The molecule has 17 heteroatoms. The highest BCUT2D eigenvalue weighted by atomic mass is 19.1. The highest BCUT2D eigenvalue weighted by Crippen LogP contribution is 2.44. The standard InChI is InChI=1S/C43H45FN8O8/c1-22-7-10-31-27(13-22)34(47-43-46-18-25(40(45)48-43)14-24-15-32(57-3)38(59-5)33(16-24)58-4)41(54)52(31)21-50-12-11-49(19-23(50)2)36-30(44)17-28-35(39(36)60-6)51(26-8-9-26)20-29(37(28)53)42(55)56/h7,10,13,15-18,20,23,26H,8-9,11-12,14,19,21H2,1-6H3,(H,55,56)(H2,45,46,48)/b47-34-. The van der Waals surface area contributed by atoms with E-state index in [2.05, 4.69) is 19.9 Å². The van der Waals surface area contributed by atoms with Crippen molar-refractivity contribution in [2.24, 2.45) is 4.99 Å².